The van der Waals surface area contributed by atoms with E-state index in [1.807, 2.05) is 0 Å². The van der Waals surface area contributed by atoms with Gasteiger partial charge in [-0.2, -0.15) is 0 Å². The first-order chi connectivity index (χ1) is 15.3. The third-order valence-electron chi connectivity index (χ3n) is 11.6. The highest BCUT2D eigenvalue weighted by molar-refractivity contribution is 5.25. The van der Waals surface area contributed by atoms with Crippen LogP contribution < -0.4 is 0 Å². The minimum Gasteiger partial charge on any atom is -0.393 e. The SMILES string of the molecule is C/C=C(/CC)[C@H](CC)CC[C@@H](C)[C@H]1CC[C@H]2[C@@H]3CC=C4C[C@@H](O)CC[C@]4(C)[C@H]3CC[C@]12C. The fraction of sp³-hybridized carbons (Fsp3) is 0.871. The van der Waals surface area contributed by atoms with Gasteiger partial charge in [-0.15, -0.1) is 0 Å². The molecule has 1 N–H and O–H groups in total. The normalized spacial score (nSPS) is 43.7. The first kappa shape index (κ1) is 24.6. The van der Waals surface area contributed by atoms with Crippen molar-refractivity contribution >= 4 is 0 Å². The average molecular weight is 441 g/mol. The van der Waals surface area contributed by atoms with Crippen LogP contribution in [0.25, 0.3) is 0 Å². The Hall–Kier alpha value is -0.560. The van der Waals surface area contributed by atoms with Crippen LogP contribution in [-0.2, 0) is 0 Å². The van der Waals surface area contributed by atoms with Crippen molar-refractivity contribution in [3.05, 3.63) is 23.3 Å². The van der Waals surface area contributed by atoms with Gasteiger partial charge in [-0.1, -0.05) is 57.9 Å². The predicted octanol–water partition coefficient (Wildman–Crippen LogP) is 8.73. The van der Waals surface area contributed by atoms with Crippen molar-refractivity contribution in [2.75, 3.05) is 0 Å². The van der Waals surface area contributed by atoms with E-state index in [4.69, 9.17) is 0 Å². The minimum atomic E-state index is -0.0841. The molecule has 32 heavy (non-hydrogen) atoms. The Morgan fingerprint density at radius 1 is 1.09 bits per heavy atom. The van der Waals surface area contributed by atoms with Crippen LogP contribution >= 0.6 is 0 Å². The van der Waals surface area contributed by atoms with Crippen molar-refractivity contribution in [2.24, 2.45) is 46.3 Å². The maximum atomic E-state index is 10.3. The summed E-state index contributed by atoms with van der Waals surface area (Å²) < 4.78 is 0. The summed E-state index contributed by atoms with van der Waals surface area (Å²) in [5.41, 5.74) is 4.24. The molecule has 0 aromatic rings. The maximum absolute atomic E-state index is 10.3. The topological polar surface area (TPSA) is 20.2 Å². The summed E-state index contributed by atoms with van der Waals surface area (Å²) in [5.74, 6) is 5.28. The third kappa shape index (κ3) is 4.08. The van der Waals surface area contributed by atoms with Crippen molar-refractivity contribution < 1.29 is 5.11 Å². The highest BCUT2D eigenvalue weighted by Gasteiger charge is 2.59. The number of rotatable bonds is 7. The Kier molecular flexibility index (Phi) is 7.36. The summed E-state index contributed by atoms with van der Waals surface area (Å²) in [6.45, 7) is 14.8. The molecule has 182 valence electrons. The molecule has 0 aromatic heterocycles. The lowest BCUT2D eigenvalue weighted by Crippen LogP contribution is -2.50. The zero-order valence-corrected chi connectivity index (χ0v) is 22.1. The van der Waals surface area contributed by atoms with E-state index in [-0.39, 0.29) is 6.10 Å². The molecule has 0 unspecified atom stereocenters. The molecule has 9 atom stereocenters. The number of aliphatic hydroxyl groups excluding tert-OH is 1. The van der Waals surface area contributed by atoms with Crippen LogP contribution in [0, 0.1) is 46.3 Å². The van der Waals surface area contributed by atoms with Gasteiger partial charge in [0.1, 0.15) is 0 Å². The smallest absolute Gasteiger partial charge is 0.0577 e. The van der Waals surface area contributed by atoms with Gasteiger partial charge >= 0.3 is 0 Å². The first-order valence-electron chi connectivity index (χ1n) is 14.3. The Balaban J connectivity index is 1.46. The highest BCUT2D eigenvalue weighted by atomic mass is 16.3. The zero-order valence-electron chi connectivity index (χ0n) is 22.1. The van der Waals surface area contributed by atoms with Crippen LogP contribution in [0.15, 0.2) is 23.3 Å². The fourth-order valence-electron chi connectivity index (χ4n) is 9.66. The van der Waals surface area contributed by atoms with Gasteiger partial charge < -0.3 is 5.11 Å². The second kappa shape index (κ2) is 9.59. The third-order valence-corrected chi connectivity index (χ3v) is 11.6. The second-order valence-corrected chi connectivity index (χ2v) is 12.8. The molecule has 4 rings (SSSR count). The van der Waals surface area contributed by atoms with Gasteiger partial charge in [0.2, 0.25) is 0 Å². The molecular formula is C31H52O. The van der Waals surface area contributed by atoms with Gasteiger partial charge in [0.25, 0.3) is 0 Å². The molecule has 3 saturated carbocycles. The van der Waals surface area contributed by atoms with Crippen LogP contribution in [0.2, 0.25) is 0 Å². The monoisotopic (exact) mass is 440 g/mol. The lowest BCUT2D eigenvalue weighted by atomic mass is 9.47. The minimum absolute atomic E-state index is 0.0841. The Bertz CT molecular complexity index is 718. The van der Waals surface area contributed by atoms with E-state index >= 15 is 0 Å². The van der Waals surface area contributed by atoms with Crippen molar-refractivity contribution in [3.8, 4) is 0 Å². The number of fused-ring (bicyclic) bond motifs is 5. The fourth-order valence-corrected chi connectivity index (χ4v) is 9.66. The molecule has 4 aliphatic carbocycles. The van der Waals surface area contributed by atoms with Gasteiger partial charge in [-0.05, 0) is 130 Å². The summed E-state index contributed by atoms with van der Waals surface area (Å²) in [6, 6.07) is 0. The highest BCUT2D eigenvalue weighted by Crippen LogP contribution is 2.67. The maximum Gasteiger partial charge on any atom is 0.0577 e. The van der Waals surface area contributed by atoms with Crippen molar-refractivity contribution in [1.82, 2.24) is 0 Å². The van der Waals surface area contributed by atoms with E-state index in [1.54, 1.807) is 11.1 Å². The molecule has 0 aromatic carbocycles. The standard InChI is InChI=1S/C31H52O/c1-7-22(8-2)23(9-3)11-10-21(4)27-14-15-28-26-13-12-24-20-25(32)16-18-30(24,5)29(26)17-19-31(27,28)6/h7,12,21,23,25-29,32H,8-11,13-20H2,1-6H3/b22-7-/t21-,23-,25+,26+,27-,28+,29+,30+,31-/m1/s1. The summed E-state index contributed by atoms with van der Waals surface area (Å²) in [7, 11) is 0. The molecule has 0 saturated heterocycles. The number of allylic oxidation sites excluding steroid dienone is 3. The van der Waals surface area contributed by atoms with E-state index in [0.717, 1.165) is 48.3 Å². The molecule has 0 spiro atoms. The molecule has 0 heterocycles. The van der Waals surface area contributed by atoms with Gasteiger partial charge in [0.15, 0.2) is 0 Å². The summed E-state index contributed by atoms with van der Waals surface area (Å²) in [6.07, 6.45) is 20.5. The molecule has 0 radical (unpaired) electrons. The number of aliphatic hydroxyl groups is 1. The van der Waals surface area contributed by atoms with Gasteiger partial charge in [0, 0.05) is 0 Å². The molecule has 1 heteroatoms. The Labute approximate surface area is 199 Å². The van der Waals surface area contributed by atoms with E-state index in [2.05, 4.69) is 53.7 Å². The van der Waals surface area contributed by atoms with Crippen molar-refractivity contribution in [3.63, 3.8) is 0 Å². The van der Waals surface area contributed by atoms with E-state index < -0.39 is 0 Å². The second-order valence-electron chi connectivity index (χ2n) is 12.8. The van der Waals surface area contributed by atoms with E-state index in [9.17, 15) is 5.11 Å². The van der Waals surface area contributed by atoms with Gasteiger partial charge in [-0.3, -0.25) is 0 Å². The Morgan fingerprint density at radius 2 is 1.88 bits per heavy atom. The van der Waals surface area contributed by atoms with Crippen LogP contribution in [0.1, 0.15) is 119 Å². The number of hydrogen-bond donors (Lipinski definition) is 1. The number of hydrogen-bond acceptors (Lipinski definition) is 1. The summed E-state index contributed by atoms with van der Waals surface area (Å²) in [4.78, 5) is 0. The lowest BCUT2D eigenvalue weighted by molar-refractivity contribution is -0.0574. The van der Waals surface area contributed by atoms with Crippen LogP contribution in [0.5, 0.6) is 0 Å². The van der Waals surface area contributed by atoms with Crippen molar-refractivity contribution in [2.45, 2.75) is 125 Å². The molecule has 0 amide bonds. The average Bonchev–Trinajstić information content (AvgIpc) is 3.14. The summed E-state index contributed by atoms with van der Waals surface area (Å²) >= 11 is 0. The molecule has 4 aliphatic rings. The molecule has 1 nitrogen and oxygen atoms in total. The molecule has 0 aliphatic heterocycles. The van der Waals surface area contributed by atoms with Crippen LogP contribution in [-0.4, -0.2) is 11.2 Å². The molecule has 0 bridgehead atoms. The quantitative estimate of drug-likeness (QED) is 0.392. The van der Waals surface area contributed by atoms with Crippen molar-refractivity contribution in [1.29, 1.82) is 0 Å². The molecular weight excluding hydrogens is 388 g/mol. The van der Waals surface area contributed by atoms with E-state index in [0.29, 0.717) is 10.8 Å². The van der Waals surface area contributed by atoms with Gasteiger partial charge in [-0.25, -0.2) is 0 Å². The van der Waals surface area contributed by atoms with E-state index in [1.165, 1.54) is 64.2 Å². The molecule has 3 fully saturated rings. The Morgan fingerprint density at radius 3 is 2.56 bits per heavy atom. The lowest BCUT2D eigenvalue weighted by Gasteiger charge is -2.58. The predicted molar refractivity (Wildman–Crippen MR) is 137 cm³/mol. The summed E-state index contributed by atoms with van der Waals surface area (Å²) in [5, 5.41) is 10.3. The van der Waals surface area contributed by atoms with Gasteiger partial charge in [0.05, 0.1) is 6.10 Å². The van der Waals surface area contributed by atoms with Crippen LogP contribution in [0.4, 0.5) is 0 Å². The largest absolute Gasteiger partial charge is 0.393 e. The zero-order chi connectivity index (χ0) is 23.1. The first-order valence-corrected chi connectivity index (χ1v) is 14.3. The van der Waals surface area contributed by atoms with Crippen LogP contribution in [0.3, 0.4) is 0 Å².